The summed E-state index contributed by atoms with van der Waals surface area (Å²) in [5.74, 6) is 0.828. The quantitative estimate of drug-likeness (QED) is 0.557. The number of imidazole rings is 1. The van der Waals surface area contributed by atoms with Crippen LogP contribution >= 0.6 is 0 Å². The second-order valence-corrected chi connectivity index (χ2v) is 4.17. The molecule has 0 amide bonds. The lowest BCUT2D eigenvalue weighted by Gasteiger charge is -2.24. The fraction of sp³-hybridized carbons (Fsp3) is 0.636. The number of aromatic nitrogens is 2. The number of nitrogens with zero attached hydrogens (tertiary/aromatic N) is 2. The average molecular weight is 192 g/mol. The molecule has 0 saturated heterocycles. The van der Waals surface area contributed by atoms with E-state index in [9.17, 15) is 0 Å². The molecular formula is C11H18N3+. The zero-order chi connectivity index (χ0) is 9.80. The van der Waals surface area contributed by atoms with Crippen LogP contribution in [0.1, 0.15) is 25.7 Å². The van der Waals surface area contributed by atoms with Crippen molar-refractivity contribution in [2.24, 2.45) is 10.9 Å². The summed E-state index contributed by atoms with van der Waals surface area (Å²) in [4.78, 5) is 7.19. The zero-order valence-electron chi connectivity index (χ0n) is 8.52. The van der Waals surface area contributed by atoms with Crippen molar-refractivity contribution in [1.29, 1.82) is 0 Å². The van der Waals surface area contributed by atoms with Gasteiger partial charge in [-0.3, -0.25) is 9.98 Å². The lowest BCUT2D eigenvalue weighted by atomic mass is 9.86. The van der Waals surface area contributed by atoms with E-state index in [1.807, 2.05) is 12.5 Å². The third-order valence-electron chi connectivity index (χ3n) is 3.15. The maximum Gasteiger partial charge on any atom is 0.241 e. The van der Waals surface area contributed by atoms with Gasteiger partial charge in [0, 0.05) is 6.04 Å². The van der Waals surface area contributed by atoms with Crippen LogP contribution in [0.15, 0.2) is 23.7 Å². The Labute approximate surface area is 84.9 Å². The van der Waals surface area contributed by atoms with Gasteiger partial charge in [-0.15, -0.1) is 0 Å². The first kappa shape index (κ1) is 9.44. The Morgan fingerprint density at radius 1 is 1.36 bits per heavy atom. The van der Waals surface area contributed by atoms with Gasteiger partial charge in [-0.1, -0.05) is 0 Å². The Morgan fingerprint density at radius 3 is 2.71 bits per heavy atom. The predicted molar refractivity (Wildman–Crippen MR) is 56.3 cm³/mol. The van der Waals surface area contributed by atoms with Crippen molar-refractivity contribution >= 4 is 6.72 Å². The van der Waals surface area contributed by atoms with Gasteiger partial charge in [0.25, 0.3) is 0 Å². The van der Waals surface area contributed by atoms with Gasteiger partial charge in [-0.25, -0.2) is 4.57 Å². The molecule has 3 heteroatoms. The predicted octanol–water partition coefficient (Wildman–Crippen LogP) is 1.56. The molecule has 0 aliphatic heterocycles. The number of rotatable bonds is 3. The van der Waals surface area contributed by atoms with Crippen LogP contribution in [-0.2, 0) is 6.54 Å². The molecule has 1 N–H and O–H groups in total. The van der Waals surface area contributed by atoms with Crippen molar-refractivity contribution in [2.75, 3.05) is 0 Å². The SMILES string of the molecule is C=NC1CCC(C[n+]2cc[nH]c2)CC1. The van der Waals surface area contributed by atoms with E-state index in [1.54, 1.807) is 0 Å². The number of aliphatic imine (C=N–C) groups is 1. The fourth-order valence-electron chi connectivity index (χ4n) is 2.24. The van der Waals surface area contributed by atoms with Gasteiger partial charge in [-0.2, -0.15) is 0 Å². The third kappa shape index (κ3) is 2.22. The number of hydrogen-bond donors (Lipinski definition) is 1. The molecule has 0 spiro atoms. The molecule has 76 valence electrons. The van der Waals surface area contributed by atoms with Gasteiger partial charge >= 0.3 is 0 Å². The molecular weight excluding hydrogens is 174 g/mol. The van der Waals surface area contributed by atoms with E-state index in [-0.39, 0.29) is 0 Å². The summed E-state index contributed by atoms with van der Waals surface area (Å²) in [5, 5.41) is 0. The average Bonchev–Trinajstić information content (AvgIpc) is 2.72. The van der Waals surface area contributed by atoms with Crippen LogP contribution in [0.3, 0.4) is 0 Å². The van der Waals surface area contributed by atoms with Crippen molar-refractivity contribution in [2.45, 2.75) is 38.3 Å². The Bertz CT molecular complexity index is 271. The van der Waals surface area contributed by atoms with Crippen LogP contribution in [0, 0.1) is 5.92 Å². The summed E-state index contributed by atoms with van der Waals surface area (Å²) < 4.78 is 2.23. The van der Waals surface area contributed by atoms with E-state index in [4.69, 9.17) is 0 Å². The summed E-state index contributed by atoms with van der Waals surface area (Å²) in [6.45, 7) is 4.77. The maximum absolute atomic E-state index is 4.12. The Kier molecular flexibility index (Phi) is 2.96. The minimum atomic E-state index is 0.530. The Hall–Kier alpha value is -1.12. The molecule has 1 aromatic heterocycles. The van der Waals surface area contributed by atoms with Crippen LogP contribution in [0.2, 0.25) is 0 Å². The first-order valence-electron chi connectivity index (χ1n) is 5.36. The molecule has 3 nitrogen and oxygen atoms in total. The minimum absolute atomic E-state index is 0.530. The summed E-state index contributed by atoms with van der Waals surface area (Å²) in [6, 6.07) is 0.530. The van der Waals surface area contributed by atoms with Gasteiger partial charge < -0.3 is 0 Å². The smallest absolute Gasteiger partial charge is 0.241 e. The molecule has 0 aromatic carbocycles. The second-order valence-electron chi connectivity index (χ2n) is 4.17. The van der Waals surface area contributed by atoms with Crippen molar-refractivity contribution in [3.63, 3.8) is 0 Å². The van der Waals surface area contributed by atoms with Gasteiger partial charge in [0.05, 0.1) is 6.54 Å². The summed E-state index contributed by atoms with van der Waals surface area (Å²) in [6.07, 6.45) is 11.1. The molecule has 0 atom stereocenters. The lowest BCUT2D eigenvalue weighted by Crippen LogP contribution is -2.36. The molecule has 0 bridgehead atoms. The number of hydrogen-bond acceptors (Lipinski definition) is 1. The summed E-state index contributed by atoms with van der Waals surface area (Å²) >= 11 is 0. The standard InChI is InChI=1S/C11H17N3/c1-12-11-4-2-10(3-5-11)8-14-7-6-13-9-14/h6-7,9-11H,1-5,8H2/p+1. The van der Waals surface area contributed by atoms with E-state index in [0.717, 1.165) is 12.5 Å². The molecule has 1 fully saturated rings. The van der Waals surface area contributed by atoms with E-state index in [1.165, 1.54) is 25.7 Å². The van der Waals surface area contributed by atoms with Gasteiger partial charge in [0.15, 0.2) is 0 Å². The molecule has 1 saturated carbocycles. The largest absolute Gasteiger partial charge is 0.298 e. The molecule has 14 heavy (non-hydrogen) atoms. The first-order chi connectivity index (χ1) is 6.88. The van der Waals surface area contributed by atoms with Crippen LogP contribution < -0.4 is 4.57 Å². The van der Waals surface area contributed by atoms with Gasteiger partial charge in [-0.05, 0) is 38.3 Å². The monoisotopic (exact) mass is 192 g/mol. The lowest BCUT2D eigenvalue weighted by molar-refractivity contribution is -0.702. The molecule has 1 aliphatic carbocycles. The number of aromatic amines is 1. The Morgan fingerprint density at radius 2 is 2.14 bits per heavy atom. The fourth-order valence-corrected chi connectivity index (χ4v) is 2.24. The molecule has 1 heterocycles. The molecule has 1 aliphatic rings. The Balaban J connectivity index is 1.81. The van der Waals surface area contributed by atoms with Crippen LogP contribution in [0.4, 0.5) is 0 Å². The number of nitrogens with one attached hydrogen (secondary N) is 1. The summed E-state index contributed by atoms with van der Waals surface area (Å²) in [7, 11) is 0. The molecule has 0 radical (unpaired) electrons. The highest BCUT2D eigenvalue weighted by atomic mass is 15.0. The summed E-state index contributed by atoms with van der Waals surface area (Å²) in [5.41, 5.74) is 0. The molecule has 2 rings (SSSR count). The van der Waals surface area contributed by atoms with E-state index >= 15 is 0 Å². The second kappa shape index (κ2) is 4.40. The highest BCUT2D eigenvalue weighted by Gasteiger charge is 2.21. The molecule has 1 aromatic rings. The van der Waals surface area contributed by atoms with Crippen molar-refractivity contribution in [3.8, 4) is 0 Å². The van der Waals surface area contributed by atoms with Crippen LogP contribution in [0.5, 0.6) is 0 Å². The van der Waals surface area contributed by atoms with E-state index < -0.39 is 0 Å². The van der Waals surface area contributed by atoms with Crippen molar-refractivity contribution < 1.29 is 4.57 Å². The molecule has 0 unspecified atom stereocenters. The topological polar surface area (TPSA) is 32.0 Å². The highest BCUT2D eigenvalue weighted by Crippen LogP contribution is 2.25. The highest BCUT2D eigenvalue weighted by molar-refractivity contribution is 5.24. The van der Waals surface area contributed by atoms with Crippen LogP contribution in [0.25, 0.3) is 0 Å². The van der Waals surface area contributed by atoms with Crippen molar-refractivity contribution in [3.05, 3.63) is 18.7 Å². The number of H-pyrrole nitrogens is 1. The van der Waals surface area contributed by atoms with Crippen molar-refractivity contribution in [1.82, 2.24) is 4.98 Å². The van der Waals surface area contributed by atoms with Gasteiger partial charge in [0.1, 0.15) is 12.4 Å². The van der Waals surface area contributed by atoms with E-state index in [2.05, 4.69) is 27.5 Å². The minimum Gasteiger partial charge on any atom is -0.298 e. The maximum atomic E-state index is 4.12. The third-order valence-corrected chi connectivity index (χ3v) is 3.15. The van der Waals surface area contributed by atoms with E-state index in [0.29, 0.717) is 6.04 Å². The normalized spacial score (nSPS) is 27.4. The first-order valence-corrected chi connectivity index (χ1v) is 5.36. The van der Waals surface area contributed by atoms with Gasteiger partial charge in [0.2, 0.25) is 6.33 Å². The zero-order valence-corrected chi connectivity index (χ0v) is 8.52. The van der Waals surface area contributed by atoms with Crippen LogP contribution in [-0.4, -0.2) is 17.7 Å².